The van der Waals surface area contributed by atoms with Gasteiger partial charge >= 0.3 is 0 Å². The Morgan fingerprint density at radius 2 is 1.95 bits per heavy atom. The van der Waals surface area contributed by atoms with E-state index in [0.717, 1.165) is 9.37 Å². The molecule has 0 aliphatic heterocycles. The molecule has 0 heterocycles. The number of ether oxygens (including phenoxy) is 1. The van der Waals surface area contributed by atoms with E-state index in [1.54, 1.807) is 0 Å². The van der Waals surface area contributed by atoms with Gasteiger partial charge in [0.25, 0.3) is 0 Å². The second-order valence-corrected chi connectivity index (χ2v) is 5.97. The van der Waals surface area contributed by atoms with Gasteiger partial charge in [0.1, 0.15) is 11.6 Å². The molecule has 2 rings (SSSR count). The maximum absolute atomic E-state index is 13.2. The van der Waals surface area contributed by atoms with Gasteiger partial charge in [-0.05, 0) is 42.5 Å². The maximum atomic E-state index is 13.2. The van der Waals surface area contributed by atoms with Crippen molar-refractivity contribution in [1.29, 1.82) is 0 Å². The second-order valence-electron chi connectivity index (χ2n) is 4.01. The van der Waals surface area contributed by atoms with Crippen LogP contribution in [-0.2, 0) is 0 Å². The fourth-order valence-corrected chi connectivity index (χ4v) is 2.70. The predicted octanol–water partition coefficient (Wildman–Crippen LogP) is 4.57. The Balaban J connectivity index is 2.08. The molecule has 2 nitrogen and oxygen atoms in total. The number of halogens is 2. The molecule has 0 fully saturated rings. The van der Waals surface area contributed by atoms with Crippen LogP contribution in [0.5, 0.6) is 5.75 Å². The fourth-order valence-electron chi connectivity index (χ4n) is 1.66. The molecule has 0 bridgehead atoms. The predicted molar refractivity (Wildman–Crippen MR) is 82.1 cm³/mol. The van der Waals surface area contributed by atoms with Gasteiger partial charge in [0.15, 0.2) is 5.78 Å². The number of hydrogen-bond acceptors (Lipinski definition) is 3. The molecule has 0 spiro atoms. The van der Waals surface area contributed by atoms with E-state index in [0.29, 0.717) is 5.75 Å². The Hall–Kier alpha value is -1.33. The molecule has 0 saturated heterocycles. The highest BCUT2D eigenvalue weighted by atomic mass is 79.9. The van der Waals surface area contributed by atoms with Crippen LogP contribution in [0.4, 0.5) is 4.39 Å². The van der Waals surface area contributed by atoms with Crippen LogP contribution in [-0.4, -0.2) is 18.6 Å². The van der Waals surface area contributed by atoms with Gasteiger partial charge in [-0.25, -0.2) is 4.39 Å². The van der Waals surface area contributed by atoms with E-state index in [4.69, 9.17) is 4.74 Å². The third-order valence-corrected chi connectivity index (χ3v) is 4.19. The molecule has 20 heavy (non-hydrogen) atoms. The van der Waals surface area contributed by atoms with Crippen LogP contribution < -0.4 is 4.74 Å². The van der Waals surface area contributed by atoms with Gasteiger partial charge in [-0.1, -0.05) is 15.9 Å². The molecule has 0 aromatic heterocycles. The Morgan fingerprint density at radius 3 is 2.60 bits per heavy atom. The lowest BCUT2D eigenvalue weighted by atomic mass is 10.1. The smallest absolute Gasteiger partial charge is 0.176 e. The van der Waals surface area contributed by atoms with Crippen LogP contribution >= 0.6 is 27.7 Å². The number of Topliss-reactive ketones (excluding diaryl/α,β-unsaturated/α-hetero) is 1. The summed E-state index contributed by atoms with van der Waals surface area (Å²) >= 11 is 4.76. The molecule has 0 N–H and O–H groups in total. The van der Waals surface area contributed by atoms with Crippen LogP contribution in [0.2, 0.25) is 0 Å². The molecule has 0 atom stereocenters. The molecule has 2 aromatic carbocycles. The average Bonchev–Trinajstić information content (AvgIpc) is 2.46. The highest BCUT2D eigenvalue weighted by molar-refractivity contribution is 9.10. The standard InChI is InChI=1S/C15H12BrFO2S/c1-19-15-7-4-11(17)8-13(15)14(18)9-20-12-5-2-10(16)3-6-12/h2-8H,9H2,1H3. The molecule has 0 aliphatic rings. The quantitative estimate of drug-likeness (QED) is 0.581. The van der Waals surface area contributed by atoms with Crippen LogP contribution in [0.1, 0.15) is 10.4 Å². The molecular formula is C15H12BrFO2S. The summed E-state index contributed by atoms with van der Waals surface area (Å²) in [5, 5.41) is 0. The number of ketones is 1. The minimum atomic E-state index is -0.442. The van der Waals surface area contributed by atoms with Crippen LogP contribution in [0.15, 0.2) is 51.8 Å². The van der Waals surface area contributed by atoms with Crippen molar-refractivity contribution >= 4 is 33.5 Å². The largest absolute Gasteiger partial charge is 0.496 e. The number of carbonyl (C=O) groups is 1. The zero-order valence-corrected chi connectivity index (χ0v) is 13.1. The van der Waals surface area contributed by atoms with E-state index in [1.165, 1.54) is 37.1 Å². The van der Waals surface area contributed by atoms with Crippen molar-refractivity contribution in [2.75, 3.05) is 12.9 Å². The highest BCUT2D eigenvalue weighted by Gasteiger charge is 2.13. The molecule has 5 heteroatoms. The van der Waals surface area contributed by atoms with E-state index < -0.39 is 5.82 Å². The SMILES string of the molecule is COc1ccc(F)cc1C(=O)CSc1ccc(Br)cc1. The van der Waals surface area contributed by atoms with Crippen molar-refractivity contribution < 1.29 is 13.9 Å². The summed E-state index contributed by atoms with van der Waals surface area (Å²) in [6.07, 6.45) is 0. The summed E-state index contributed by atoms with van der Waals surface area (Å²) in [5.41, 5.74) is 0.275. The number of methoxy groups -OCH3 is 1. The van der Waals surface area contributed by atoms with Gasteiger partial charge in [0.2, 0.25) is 0 Å². The Labute approximate surface area is 129 Å². The van der Waals surface area contributed by atoms with Crippen molar-refractivity contribution in [3.63, 3.8) is 0 Å². The first-order valence-corrected chi connectivity index (χ1v) is 7.63. The third kappa shape index (κ3) is 3.84. The number of benzene rings is 2. The number of carbonyl (C=O) groups excluding carboxylic acids is 1. The van der Waals surface area contributed by atoms with Crippen molar-refractivity contribution in [3.8, 4) is 5.75 Å². The van der Waals surface area contributed by atoms with E-state index in [9.17, 15) is 9.18 Å². The van der Waals surface area contributed by atoms with Crippen molar-refractivity contribution in [2.45, 2.75) is 4.90 Å². The highest BCUT2D eigenvalue weighted by Crippen LogP contribution is 2.25. The number of hydrogen-bond donors (Lipinski definition) is 0. The molecular weight excluding hydrogens is 343 g/mol. The van der Waals surface area contributed by atoms with Crippen molar-refractivity contribution in [1.82, 2.24) is 0 Å². The summed E-state index contributed by atoms with van der Waals surface area (Å²) in [6.45, 7) is 0. The lowest BCUT2D eigenvalue weighted by molar-refractivity contribution is 0.101. The van der Waals surface area contributed by atoms with E-state index in [1.807, 2.05) is 24.3 Å². The van der Waals surface area contributed by atoms with E-state index in [-0.39, 0.29) is 17.1 Å². The summed E-state index contributed by atoms with van der Waals surface area (Å²) in [4.78, 5) is 13.1. The summed E-state index contributed by atoms with van der Waals surface area (Å²) in [6, 6.07) is 11.6. The van der Waals surface area contributed by atoms with Gasteiger partial charge in [-0.2, -0.15) is 0 Å². The first-order valence-electron chi connectivity index (χ1n) is 5.85. The van der Waals surface area contributed by atoms with E-state index >= 15 is 0 Å². The summed E-state index contributed by atoms with van der Waals surface area (Å²) in [7, 11) is 1.46. The first-order chi connectivity index (χ1) is 9.60. The monoisotopic (exact) mass is 354 g/mol. The number of rotatable bonds is 5. The van der Waals surface area contributed by atoms with Crippen LogP contribution in [0, 0.1) is 5.82 Å². The summed E-state index contributed by atoms with van der Waals surface area (Å²) in [5.74, 6) is 0.0337. The van der Waals surface area contributed by atoms with Gasteiger partial charge in [-0.15, -0.1) is 11.8 Å². The molecule has 2 aromatic rings. The van der Waals surface area contributed by atoms with Crippen LogP contribution in [0.3, 0.4) is 0 Å². The second kappa shape index (κ2) is 6.90. The topological polar surface area (TPSA) is 26.3 Å². The fraction of sp³-hybridized carbons (Fsp3) is 0.133. The maximum Gasteiger partial charge on any atom is 0.176 e. The Kier molecular flexibility index (Phi) is 5.20. The van der Waals surface area contributed by atoms with Gasteiger partial charge < -0.3 is 4.74 Å². The van der Waals surface area contributed by atoms with Gasteiger partial charge in [0.05, 0.1) is 18.4 Å². The average molecular weight is 355 g/mol. The first kappa shape index (κ1) is 15.1. The third-order valence-electron chi connectivity index (χ3n) is 2.65. The van der Waals surface area contributed by atoms with E-state index in [2.05, 4.69) is 15.9 Å². The number of thioether (sulfide) groups is 1. The van der Waals surface area contributed by atoms with Crippen molar-refractivity contribution in [3.05, 3.63) is 58.3 Å². The minimum Gasteiger partial charge on any atom is -0.496 e. The summed E-state index contributed by atoms with van der Waals surface area (Å²) < 4.78 is 19.3. The molecule has 0 aliphatic carbocycles. The lowest BCUT2D eigenvalue weighted by Gasteiger charge is -2.07. The molecule has 0 amide bonds. The molecule has 0 radical (unpaired) electrons. The normalized spacial score (nSPS) is 10.3. The Morgan fingerprint density at radius 1 is 1.25 bits per heavy atom. The zero-order valence-electron chi connectivity index (χ0n) is 10.7. The van der Waals surface area contributed by atoms with Gasteiger partial charge in [-0.3, -0.25) is 4.79 Å². The van der Waals surface area contributed by atoms with Crippen LogP contribution in [0.25, 0.3) is 0 Å². The zero-order chi connectivity index (χ0) is 14.5. The molecule has 0 saturated carbocycles. The minimum absolute atomic E-state index is 0.158. The lowest BCUT2D eigenvalue weighted by Crippen LogP contribution is -2.05. The molecule has 0 unspecified atom stereocenters. The van der Waals surface area contributed by atoms with Gasteiger partial charge in [0, 0.05) is 9.37 Å². The molecule has 104 valence electrons. The Bertz CT molecular complexity index is 614. The van der Waals surface area contributed by atoms with Crippen molar-refractivity contribution in [2.24, 2.45) is 0 Å².